The van der Waals surface area contributed by atoms with Crippen molar-refractivity contribution in [1.82, 2.24) is 0 Å². The zero-order valence-electron chi connectivity index (χ0n) is 16.9. The van der Waals surface area contributed by atoms with Crippen LogP contribution >= 0.6 is 0 Å². The van der Waals surface area contributed by atoms with Gasteiger partial charge in [-0.1, -0.05) is 54.5 Å². The van der Waals surface area contributed by atoms with Crippen molar-refractivity contribution in [1.29, 1.82) is 0 Å². The number of phenolic OH excluding ortho intramolecular Hbond substituents is 2. The number of phenols is 2. The minimum atomic E-state index is -0.170. The first-order valence-corrected chi connectivity index (χ1v) is 9.07. The van der Waals surface area contributed by atoms with E-state index in [1.165, 1.54) is 0 Å². The highest BCUT2D eigenvalue weighted by molar-refractivity contribution is 5.76. The third-order valence-corrected chi connectivity index (χ3v) is 4.75. The molecule has 2 aromatic carbocycles. The number of aryl methyl sites for hydroxylation is 2. The number of hydrogen-bond donors (Lipinski definition) is 2. The van der Waals surface area contributed by atoms with Gasteiger partial charge in [0.2, 0.25) is 0 Å². The first-order chi connectivity index (χ1) is 11.4. The first kappa shape index (κ1) is 19.4. The quantitative estimate of drug-likeness (QED) is 0.680. The molecule has 2 nitrogen and oxygen atoms in total. The molecule has 0 heterocycles. The van der Waals surface area contributed by atoms with Gasteiger partial charge in [0.1, 0.15) is 11.5 Å². The van der Waals surface area contributed by atoms with Crippen molar-refractivity contribution in [3.8, 4) is 22.6 Å². The van der Waals surface area contributed by atoms with E-state index in [9.17, 15) is 10.2 Å². The molecule has 0 radical (unpaired) electrons. The molecule has 2 N–H and O–H groups in total. The van der Waals surface area contributed by atoms with Gasteiger partial charge in [0, 0.05) is 16.7 Å². The molecular formula is C23H32O2. The van der Waals surface area contributed by atoms with Crippen molar-refractivity contribution >= 4 is 0 Å². The van der Waals surface area contributed by atoms with Crippen molar-refractivity contribution in [3.05, 3.63) is 46.5 Å². The first-order valence-electron chi connectivity index (χ1n) is 9.07. The summed E-state index contributed by atoms with van der Waals surface area (Å²) in [4.78, 5) is 0. The molecule has 0 bridgehead atoms. The minimum absolute atomic E-state index is 0.137. The molecule has 0 aliphatic carbocycles. The zero-order chi connectivity index (χ0) is 19.2. The second kappa shape index (κ2) is 6.40. The Morgan fingerprint density at radius 1 is 0.760 bits per heavy atom. The predicted molar refractivity (Wildman–Crippen MR) is 107 cm³/mol. The van der Waals surface area contributed by atoms with Crippen LogP contribution in [0.1, 0.15) is 70.7 Å². The molecule has 2 rings (SSSR count). The van der Waals surface area contributed by atoms with E-state index >= 15 is 0 Å². The molecule has 0 saturated heterocycles. The van der Waals surface area contributed by atoms with Crippen LogP contribution in [0.4, 0.5) is 0 Å². The predicted octanol–water partition coefficient (Wildman–Crippen LogP) is 6.23. The number of hydrogen-bond acceptors (Lipinski definition) is 2. The molecule has 0 spiro atoms. The molecule has 2 heteroatoms. The maximum atomic E-state index is 11.0. The lowest BCUT2D eigenvalue weighted by molar-refractivity contribution is 0.440. The van der Waals surface area contributed by atoms with Gasteiger partial charge in [-0.2, -0.15) is 0 Å². The molecule has 0 saturated carbocycles. The summed E-state index contributed by atoms with van der Waals surface area (Å²) in [6.07, 6.45) is 0.751. The summed E-state index contributed by atoms with van der Waals surface area (Å²) in [7, 11) is 0. The molecule has 136 valence electrons. The largest absolute Gasteiger partial charge is 0.507 e. The minimum Gasteiger partial charge on any atom is -0.507 e. The summed E-state index contributed by atoms with van der Waals surface area (Å²) < 4.78 is 0. The van der Waals surface area contributed by atoms with Crippen molar-refractivity contribution in [2.75, 3.05) is 0 Å². The lowest BCUT2D eigenvalue weighted by atomic mass is 9.80. The van der Waals surface area contributed by atoms with Gasteiger partial charge in [-0.05, 0) is 59.1 Å². The molecule has 0 unspecified atom stereocenters. The summed E-state index contributed by atoms with van der Waals surface area (Å²) in [5.74, 6) is 0.715. The molecule has 25 heavy (non-hydrogen) atoms. The molecule has 0 aliphatic rings. The van der Waals surface area contributed by atoms with Gasteiger partial charge >= 0.3 is 0 Å². The van der Waals surface area contributed by atoms with Crippen molar-refractivity contribution in [2.24, 2.45) is 0 Å². The maximum Gasteiger partial charge on any atom is 0.127 e. The smallest absolute Gasteiger partial charge is 0.127 e. The second-order valence-electron chi connectivity index (χ2n) is 9.09. The van der Waals surface area contributed by atoms with E-state index in [4.69, 9.17) is 0 Å². The van der Waals surface area contributed by atoms with Crippen LogP contribution in [0.15, 0.2) is 24.3 Å². The molecule has 2 aromatic rings. The van der Waals surface area contributed by atoms with Gasteiger partial charge in [-0.25, -0.2) is 0 Å². The van der Waals surface area contributed by atoms with Crippen LogP contribution in [0.25, 0.3) is 11.1 Å². The van der Waals surface area contributed by atoms with E-state index in [0.717, 1.165) is 39.8 Å². The fraction of sp³-hybridized carbons (Fsp3) is 0.478. The normalized spacial score (nSPS) is 12.5. The van der Waals surface area contributed by atoms with Crippen LogP contribution < -0.4 is 0 Å². The van der Waals surface area contributed by atoms with Crippen molar-refractivity contribution in [2.45, 2.75) is 72.6 Å². The van der Waals surface area contributed by atoms with Crippen LogP contribution in [0.2, 0.25) is 0 Å². The topological polar surface area (TPSA) is 40.5 Å². The lowest BCUT2D eigenvalue weighted by Crippen LogP contribution is -2.13. The molecule has 0 atom stereocenters. The molecule has 0 aliphatic heterocycles. The van der Waals surface area contributed by atoms with Gasteiger partial charge in [0.25, 0.3) is 0 Å². The van der Waals surface area contributed by atoms with Gasteiger partial charge in [-0.3, -0.25) is 0 Å². The molecule has 0 amide bonds. The Hall–Kier alpha value is -1.96. The van der Waals surface area contributed by atoms with Gasteiger partial charge < -0.3 is 10.2 Å². The fourth-order valence-electron chi connectivity index (χ4n) is 3.26. The van der Waals surface area contributed by atoms with E-state index in [-0.39, 0.29) is 10.8 Å². The van der Waals surface area contributed by atoms with E-state index in [2.05, 4.69) is 54.5 Å². The van der Waals surface area contributed by atoms with Crippen LogP contribution in [0.5, 0.6) is 11.5 Å². The summed E-state index contributed by atoms with van der Waals surface area (Å²) in [6.45, 7) is 16.7. The Labute approximate surface area is 152 Å². The second-order valence-corrected chi connectivity index (χ2v) is 9.09. The monoisotopic (exact) mass is 340 g/mol. The SMILES string of the molecule is CCc1cc(-c2cc(C)cc(C(C)(C)C)c2O)cc(C(C)(C)C)c1O. The number of rotatable bonds is 2. The average molecular weight is 341 g/mol. The highest BCUT2D eigenvalue weighted by atomic mass is 16.3. The number of aromatic hydroxyl groups is 2. The van der Waals surface area contributed by atoms with Crippen molar-refractivity contribution < 1.29 is 10.2 Å². The summed E-state index contributed by atoms with van der Waals surface area (Å²) in [6, 6.07) is 8.12. The lowest BCUT2D eigenvalue weighted by Gasteiger charge is -2.25. The van der Waals surface area contributed by atoms with Gasteiger partial charge in [-0.15, -0.1) is 0 Å². The van der Waals surface area contributed by atoms with E-state index in [0.29, 0.717) is 11.5 Å². The van der Waals surface area contributed by atoms with Crippen LogP contribution in [0.3, 0.4) is 0 Å². The standard InChI is InChI=1S/C23H32O2/c1-9-15-12-16(13-19(20(15)24)23(6,7)8)17-10-14(2)11-18(21(17)25)22(3,4)5/h10-13,24-25H,9H2,1-8H3. The molecular weight excluding hydrogens is 308 g/mol. The highest BCUT2D eigenvalue weighted by Gasteiger charge is 2.24. The average Bonchev–Trinajstić information content (AvgIpc) is 2.47. The third kappa shape index (κ3) is 3.84. The highest BCUT2D eigenvalue weighted by Crippen LogP contribution is 2.43. The summed E-state index contributed by atoms with van der Waals surface area (Å²) >= 11 is 0. The molecule has 0 aromatic heterocycles. The van der Waals surface area contributed by atoms with Crippen molar-refractivity contribution in [3.63, 3.8) is 0 Å². The van der Waals surface area contributed by atoms with Crippen LogP contribution in [-0.2, 0) is 17.3 Å². The Morgan fingerprint density at radius 3 is 1.76 bits per heavy atom. The number of benzene rings is 2. The Bertz CT molecular complexity index is 787. The van der Waals surface area contributed by atoms with E-state index < -0.39 is 0 Å². The Balaban J connectivity index is 2.81. The molecule has 0 fully saturated rings. The van der Waals surface area contributed by atoms with Crippen LogP contribution in [-0.4, -0.2) is 10.2 Å². The van der Waals surface area contributed by atoms with Gasteiger partial charge in [0.15, 0.2) is 0 Å². The van der Waals surface area contributed by atoms with Gasteiger partial charge in [0.05, 0.1) is 0 Å². The summed E-state index contributed by atoms with van der Waals surface area (Å²) in [5, 5.41) is 21.6. The summed E-state index contributed by atoms with van der Waals surface area (Å²) in [5.41, 5.74) is 5.41. The fourth-order valence-corrected chi connectivity index (χ4v) is 3.26. The van der Waals surface area contributed by atoms with E-state index in [1.807, 2.05) is 25.1 Å². The maximum absolute atomic E-state index is 11.0. The third-order valence-electron chi connectivity index (χ3n) is 4.75. The zero-order valence-corrected chi connectivity index (χ0v) is 16.9. The van der Waals surface area contributed by atoms with Crippen LogP contribution in [0, 0.1) is 6.92 Å². The Kier molecular flexibility index (Phi) is 4.96. The Morgan fingerprint density at radius 2 is 1.28 bits per heavy atom. The van der Waals surface area contributed by atoms with E-state index in [1.54, 1.807) is 0 Å².